The lowest BCUT2D eigenvalue weighted by Gasteiger charge is -2.15. The molecule has 0 atom stereocenters. The lowest BCUT2D eigenvalue weighted by molar-refractivity contribution is -0.143. The van der Waals surface area contributed by atoms with Gasteiger partial charge in [0, 0.05) is 16.1 Å². The van der Waals surface area contributed by atoms with Crippen LogP contribution >= 0.6 is 23.4 Å². The van der Waals surface area contributed by atoms with Gasteiger partial charge in [-0.25, -0.2) is 14.8 Å². The number of hydrogen-bond acceptors (Lipinski definition) is 5. The molecule has 0 saturated carbocycles. The molecule has 0 unspecified atom stereocenters. The van der Waals surface area contributed by atoms with Crippen LogP contribution in [0.2, 0.25) is 5.02 Å². The van der Waals surface area contributed by atoms with E-state index in [1.807, 2.05) is 0 Å². The molecule has 0 saturated heterocycles. The van der Waals surface area contributed by atoms with Crippen molar-refractivity contribution in [3.8, 4) is 0 Å². The molecule has 3 rings (SSSR count). The van der Waals surface area contributed by atoms with Gasteiger partial charge in [0.15, 0.2) is 10.9 Å². The van der Waals surface area contributed by atoms with Gasteiger partial charge in [0.1, 0.15) is 12.2 Å². The molecule has 36 heavy (non-hydrogen) atoms. The van der Waals surface area contributed by atoms with Crippen molar-refractivity contribution < 1.29 is 49.0 Å². The average Bonchev–Trinajstić information content (AvgIpc) is 2.76. The number of rotatable bonds is 5. The van der Waals surface area contributed by atoms with E-state index in [1.165, 1.54) is 24.3 Å². The quantitative estimate of drug-likeness (QED) is 0.182. The Hall–Kier alpha value is -3.00. The third-order valence-electron chi connectivity index (χ3n) is 4.31. The Balaban J connectivity index is 1.92. The van der Waals surface area contributed by atoms with E-state index in [-0.39, 0.29) is 17.8 Å². The fourth-order valence-corrected chi connectivity index (χ4v) is 3.63. The minimum absolute atomic E-state index is 0.0236. The Morgan fingerprint density at radius 1 is 0.861 bits per heavy atom. The van der Waals surface area contributed by atoms with Crippen molar-refractivity contribution in [1.82, 2.24) is 9.97 Å². The minimum atomic E-state index is -5.22. The zero-order valence-corrected chi connectivity index (χ0v) is 18.8. The largest absolute Gasteiger partial charge is 0.457 e. The van der Waals surface area contributed by atoms with Crippen molar-refractivity contribution in [1.29, 1.82) is 0 Å². The van der Waals surface area contributed by atoms with Gasteiger partial charge in [0.05, 0.1) is 11.1 Å². The number of ether oxygens (including phenoxy) is 1. The molecule has 2 aromatic carbocycles. The van der Waals surface area contributed by atoms with Crippen LogP contribution in [0.25, 0.3) is 0 Å². The summed E-state index contributed by atoms with van der Waals surface area (Å²) in [6, 6.07) is 6.32. The summed E-state index contributed by atoms with van der Waals surface area (Å²) in [5, 5.41) is -0.474. The lowest BCUT2D eigenvalue weighted by atomic mass is 10.1. The monoisotopic (exact) mass is 560 g/mol. The molecule has 0 aliphatic carbocycles. The summed E-state index contributed by atoms with van der Waals surface area (Å²) in [4.78, 5) is 18.2. The Morgan fingerprint density at radius 2 is 1.42 bits per heavy atom. The maximum absolute atomic E-state index is 13.6. The molecule has 1 heterocycles. The van der Waals surface area contributed by atoms with E-state index in [0.717, 1.165) is 0 Å². The predicted molar refractivity (Wildman–Crippen MR) is 108 cm³/mol. The maximum atomic E-state index is 13.6. The molecule has 1 aromatic heterocycles. The second-order valence-electron chi connectivity index (χ2n) is 6.96. The van der Waals surface area contributed by atoms with Gasteiger partial charge in [-0.15, -0.1) is 0 Å². The first kappa shape index (κ1) is 27.6. The number of hydrogen-bond donors (Lipinski definition) is 0. The third kappa shape index (κ3) is 7.03. The van der Waals surface area contributed by atoms with Gasteiger partial charge >= 0.3 is 24.5 Å². The van der Waals surface area contributed by atoms with E-state index in [4.69, 9.17) is 16.3 Å². The first-order valence-electron chi connectivity index (χ1n) is 9.37. The summed E-state index contributed by atoms with van der Waals surface area (Å²) in [6.07, 6.45) is -15.1. The summed E-state index contributed by atoms with van der Waals surface area (Å²) in [6.45, 7) is -0.422. The van der Waals surface area contributed by atoms with Crippen LogP contribution in [-0.4, -0.2) is 15.9 Å². The Bertz CT molecular complexity index is 1230. The SMILES string of the molecule is O=C(OCc1ccc(Cl)cc1)c1cnc(Sc2cc(C(F)(F)F)cc(C(F)(F)F)c2)nc1C(F)(F)F. The summed E-state index contributed by atoms with van der Waals surface area (Å²) in [5.74, 6) is -1.45. The molecule has 0 aliphatic rings. The van der Waals surface area contributed by atoms with Crippen molar-refractivity contribution in [3.05, 3.63) is 81.6 Å². The number of nitrogens with zero attached hydrogens (tertiary/aromatic N) is 2. The standard InChI is InChI=1S/C21H10ClF9N2O2S/c22-13-3-1-10(2-4-13)9-35-17(34)15-8-32-18(33-16(15)21(29,30)31)36-14-6-11(19(23,24)25)5-12(7-14)20(26,27)28/h1-8H,9H2. The van der Waals surface area contributed by atoms with Crippen molar-refractivity contribution >= 4 is 29.3 Å². The summed E-state index contributed by atoms with van der Waals surface area (Å²) in [5.41, 5.74) is -5.80. The highest BCUT2D eigenvalue weighted by molar-refractivity contribution is 7.99. The van der Waals surface area contributed by atoms with Gasteiger partial charge in [-0.3, -0.25) is 0 Å². The maximum Gasteiger partial charge on any atom is 0.434 e. The first-order chi connectivity index (χ1) is 16.5. The van der Waals surface area contributed by atoms with Gasteiger partial charge in [-0.2, -0.15) is 39.5 Å². The van der Waals surface area contributed by atoms with Gasteiger partial charge in [-0.1, -0.05) is 23.7 Å². The van der Waals surface area contributed by atoms with E-state index in [2.05, 4.69) is 9.97 Å². The molecule has 0 N–H and O–H groups in total. The van der Waals surface area contributed by atoms with Crippen LogP contribution in [0.1, 0.15) is 32.7 Å². The number of carbonyl (C=O) groups is 1. The number of esters is 1. The van der Waals surface area contributed by atoms with Gasteiger partial charge in [0.2, 0.25) is 0 Å². The molecule has 15 heteroatoms. The fraction of sp³-hybridized carbons (Fsp3) is 0.190. The number of alkyl halides is 9. The Labute approximate surface area is 205 Å². The smallest absolute Gasteiger partial charge is 0.434 e. The molecule has 0 aliphatic heterocycles. The van der Waals surface area contributed by atoms with E-state index in [1.54, 1.807) is 0 Å². The predicted octanol–water partition coefficient (Wildman–Crippen LogP) is 7.69. The molecular formula is C21H10ClF9N2O2S. The zero-order valence-electron chi connectivity index (χ0n) is 17.2. The van der Waals surface area contributed by atoms with Crippen LogP contribution < -0.4 is 0 Å². The Morgan fingerprint density at radius 3 is 1.92 bits per heavy atom. The topological polar surface area (TPSA) is 52.1 Å². The van der Waals surface area contributed by atoms with Crippen molar-refractivity contribution in [2.45, 2.75) is 35.2 Å². The van der Waals surface area contributed by atoms with Crippen LogP contribution in [0.3, 0.4) is 0 Å². The summed E-state index contributed by atoms with van der Waals surface area (Å²) >= 11 is 5.74. The van der Waals surface area contributed by atoms with Crippen molar-refractivity contribution in [2.24, 2.45) is 0 Å². The lowest BCUT2D eigenvalue weighted by Crippen LogP contribution is -2.18. The molecule has 4 nitrogen and oxygen atoms in total. The van der Waals surface area contributed by atoms with E-state index in [9.17, 15) is 44.3 Å². The van der Waals surface area contributed by atoms with Gasteiger partial charge in [-0.05, 0) is 47.7 Å². The molecule has 0 bridgehead atoms. The normalized spacial score (nSPS) is 12.5. The number of halogens is 10. The molecule has 192 valence electrons. The molecule has 3 aromatic rings. The highest BCUT2D eigenvalue weighted by atomic mass is 35.5. The van der Waals surface area contributed by atoms with Crippen LogP contribution in [0, 0.1) is 0 Å². The molecule has 0 amide bonds. The highest BCUT2D eigenvalue weighted by Gasteiger charge is 2.40. The number of aromatic nitrogens is 2. The molecule has 0 fully saturated rings. The highest BCUT2D eigenvalue weighted by Crippen LogP contribution is 2.40. The second kappa shape index (κ2) is 10.2. The summed E-state index contributed by atoms with van der Waals surface area (Å²) in [7, 11) is 0. The molecule has 0 radical (unpaired) electrons. The summed E-state index contributed by atoms with van der Waals surface area (Å²) < 4.78 is 124. The number of benzene rings is 2. The molecule has 0 spiro atoms. The van der Waals surface area contributed by atoms with Crippen LogP contribution in [0.5, 0.6) is 0 Å². The fourth-order valence-electron chi connectivity index (χ4n) is 2.68. The van der Waals surface area contributed by atoms with E-state index < -0.39 is 63.5 Å². The molecular weight excluding hydrogens is 551 g/mol. The van der Waals surface area contributed by atoms with Crippen LogP contribution in [-0.2, 0) is 29.9 Å². The second-order valence-corrected chi connectivity index (χ2v) is 8.44. The van der Waals surface area contributed by atoms with Gasteiger partial charge in [0.25, 0.3) is 0 Å². The van der Waals surface area contributed by atoms with Crippen LogP contribution in [0.15, 0.2) is 58.7 Å². The van der Waals surface area contributed by atoms with Crippen molar-refractivity contribution in [3.63, 3.8) is 0 Å². The Kier molecular flexibility index (Phi) is 7.79. The number of carbonyl (C=O) groups excluding carboxylic acids is 1. The zero-order chi connectivity index (χ0) is 26.9. The van der Waals surface area contributed by atoms with Gasteiger partial charge < -0.3 is 4.74 Å². The average molecular weight is 561 g/mol. The van der Waals surface area contributed by atoms with E-state index in [0.29, 0.717) is 28.9 Å². The van der Waals surface area contributed by atoms with Crippen LogP contribution in [0.4, 0.5) is 39.5 Å². The van der Waals surface area contributed by atoms with E-state index >= 15 is 0 Å². The van der Waals surface area contributed by atoms with Crippen molar-refractivity contribution in [2.75, 3.05) is 0 Å². The third-order valence-corrected chi connectivity index (χ3v) is 5.41. The minimum Gasteiger partial charge on any atom is -0.457 e. The first-order valence-corrected chi connectivity index (χ1v) is 10.6.